The van der Waals surface area contributed by atoms with Gasteiger partial charge in [0.05, 0.1) is 6.61 Å². The van der Waals surface area contributed by atoms with Crippen LogP contribution in [-0.2, 0) is 11.2 Å². The molecule has 0 radical (unpaired) electrons. The predicted molar refractivity (Wildman–Crippen MR) is 138 cm³/mol. The summed E-state index contributed by atoms with van der Waals surface area (Å²) in [6.07, 6.45) is 10.7. The second-order valence-electron chi connectivity index (χ2n) is 5.07. The Hall–Kier alpha value is -1.80. The van der Waals surface area contributed by atoms with Crippen LogP contribution in [0.2, 0.25) is 0 Å². The van der Waals surface area contributed by atoms with Crippen LogP contribution >= 0.6 is 0 Å². The monoisotopic (exact) mass is 405 g/mol. The molecule has 0 spiro atoms. The highest BCUT2D eigenvalue weighted by Gasteiger charge is 2.11. The number of hydrogen-bond donors (Lipinski definition) is 0. The number of hydrogen-bond acceptors (Lipinski definition) is 2. The van der Waals surface area contributed by atoms with Crippen molar-refractivity contribution in [2.45, 2.75) is 75.2 Å². The zero-order chi connectivity index (χ0) is 23.5. The van der Waals surface area contributed by atoms with Crippen LogP contribution in [0.4, 0.5) is 0 Å². The molecule has 0 N–H and O–H groups in total. The Morgan fingerprint density at radius 1 is 1.00 bits per heavy atom. The molecular formula is C27H51NO. The third kappa shape index (κ3) is 19.3. The van der Waals surface area contributed by atoms with Gasteiger partial charge in [0.25, 0.3) is 0 Å². The van der Waals surface area contributed by atoms with Crippen molar-refractivity contribution >= 4 is 5.57 Å². The molecule has 0 unspecified atom stereocenters. The molecule has 1 aliphatic carbocycles. The minimum Gasteiger partial charge on any atom is -0.381 e. The number of ether oxygens (including phenoxy) is 1. The van der Waals surface area contributed by atoms with Gasteiger partial charge in [-0.2, -0.15) is 0 Å². The average Bonchev–Trinajstić information content (AvgIpc) is 2.81. The first kappa shape index (κ1) is 34.7. The van der Waals surface area contributed by atoms with E-state index in [0.717, 1.165) is 6.54 Å². The van der Waals surface area contributed by atoms with Gasteiger partial charge in [-0.25, -0.2) is 0 Å². The lowest BCUT2D eigenvalue weighted by Crippen LogP contribution is -2.15. The van der Waals surface area contributed by atoms with Crippen LogP contribution in [0.3, 0.4) is 0 Å². The van der Waals surface area contributed by atoms with E-state index in [1.807, 2.05) is 55.4 Å². The summed E-state index contributed by atoms with van der Waals surface area (Å²) in [7, 11) is 3.76. The van der Waals surface area contributed by atoms with Gasteiger partial charge >= 0.3 is 0 Å². The predicted octanol–water partition coefficient (Wildman–Crippen LogP) is 8.41. The molecule has 0 amide bonds. The molecule has 2 rings (SSSR count). The van der Waals surface area contributed by atoms with Gasteiger partial charge in [-0.1, -0.05) is 97.9 Å². The van der Waals surface area contributed by atoms with Crippen LogP contribution in [0, 0.1) is 0 Å². The molecule has 0 saturated carbocycles. The molecule has 0 fully saturated rings. The van der Waals surface area contributed by atoms with Crippen LogP contribution in [0.5, 0.6) is 0 Å². The standard InChI is InChI=1S/C15H19N.C4H8O.4C2H6/c1-3-11-16(2)12-14-9-6-8-13-7-4-5-10-15(13)14;1-3-4-5-2;4*1-2/h3-5,7,9-11H,6,8,12H2,1-2H3;3H,1,4H2,2H3;4*1-2H3/b11-3+;;;;;. The fourth-order valence-corrected chi connectivity index (χ4v) is 2.41. The number of benzene rings is 1. The maximum absolute atomic E-state index is 4.57. The number of likely N-dealkylation sites (N-methyl/N-ethyl adjacent to an activating group) is 1. The zero-order valence-corrected chi connectivity index (χ0v) is 21.5. The molecule has 0 atom stereocenters. The average molecular weight is 406 g/mol. The van der Waals surface area contributed by atoms with E-state index in [9.17, 15) is 0 Å². The topological polar surface area (TPSA) is 12.5 Å². The molecule has 29 heavy (non-hydrogen) atoms. The Morgan fingerprint density at radius 3 is 2.00 bits per heavy atom. The summed E-state index contributed by atoms with van der Waals surface area (Å²) in [6, 6.07) is 8.76. The second kappa shape index (κ2) is 30.9. The Kier molecular flexibility index (Phi) is 37.0. The van der Waals surface area contributed by atoms with Gasteiger partial charge in [-0.15, -0.1) is 6.58 Å². The van der Waals surface area contributed by atoms with Crippen molar-refractivity contribution in [3.05, 3.63) is 66.4 Å². The molecule has 2 heteroatoms. The van der Waals surface area contributed by atoms with Crippen molar-refractivity contribution in [3.8, 4) is 0 Å². The fraction of sp³-hybridized carbons (Fsp3) is 0.556. The largest absolute Gasteiger partial charge is 0.381 e. The summed E-state index contributed by atoms with van der Waals surface area (Å²) < 4.78 is 4.57. The second-order valence-corrected chi connectivity index (χ2v) is 5.07. The van der Waals surface area contributed by atoms with Crippen molar-refractivity contribution in [2.24, 2.45) is 0 Å². The van der Waals surface area contributed by atoms with E-state index in [-0.39, 0.29) is 0 Å². The number of nitrogens with zero attached hydrogens (tertiary/aromatic N) is 1. The van der Waals surface area contributed by atoms with E-state index in [0.29, 0.717) is 6.61 Å². The summed E-state index contributed by atoms with van der Waals surface area (Å²) in [6.45, 7) is 23.1. The molecule has 1 aliphatic rings. The Balaban J connectivity index is -0.000000203. The van der Waals surface area contributed by atoms with E-state index in [1.54, 1.807) is 13.2 Å². The Bertz CT molecular complexity index is 489. The zero-order valence-electron chi connectivity index (χ0n) is 21.5. The lowest BCUT2D eigenvalue weighted by atomic mass is 9.91. The molecule has 0 aliphatic heterocycles. The smallest absolute Gasteiger partial charge is 0.0641 e. The first-order chi connectivity index (χ1) is 14.2. The molecule has 0 heterocycles. The summed E-state index contributed by atoms with van der Waals surface area (Å²) in [5.74, 6) is 0. The number of methoxy groups -OCH3 is 1. The fourth-order valence-electron chi connectivity index (χ4n) is 2.41. The van der Waals surface area contributed by atoms with E-state index in [4.69, 9.17) is 0 Å². The summed E-state index contributed by atoms with van der Waals surface area (Å²) in [4.78, 5) is 2.23. The maximum atomic E-state index is 4.57. The highest BCUT2D eigenvalue weighted by atomic mass is 16.5. The van der Waals surface area contributed by atoms with Crippen LogP contribution in [0.25, 0.3) is 5.57 Å². The van der Waals surface area contributed by atoms with Gasteiger partial charge in [-0.05, 0) is 42.7 Å². The minimum atomic E-state index is 0.653. The number of aryl methyl sites for hydroxylation is 1. The lowest BCUT2D eigenvalue weighted by Gasteiger charge is -2.22. The van der Waals surface area contributed by atoms with Crippen molar-refractivity contribution < 1.29 is 4.74 Å². The highest BCUT2D eigenvalue weighted by Crippen LogP contribution is 2.26. The molecule has 2 nitrogen and oxygen atoms in total. The normalized spacial score (nSPS) is 10.2. The van der Waals surface area contributed by atoms with Gasteiger partial charge in [0, 0.05) is 20.7 Å². The van der Waals surface area contributed by atoms with Gasteiger partial charge < -0.3 is 9.64 Å². The third-order valence-electron chi connectivity index (χ3n) is 3.28. The first-order valence-electron chi connectivity index (χ1n) is 11.4. The molecule has 1 aromatic carbocycles. The number of allylic oxidation sites excluding steroid dienone is 2. The van der Waals surface area contributed by atoms with E-state index in [2.05, 4.69) is 72.8 Å². The van der Waals surface area contributed by atoms with Gasteiger partial charge in [0.1, 0.15) is 0 Å². The molecule has 170 valence electrons. The van der Waals surface area contributed by atoms with E-state index in [1.165, 1.54) is 29.5 Å². The number of fused-ring (bicyclic) bond motifs is 1. The van der Waals surface area contributed by atoms with Crippen LogP contribution < -0.4 is 0 Å². The third-order valence-corrected chi connectivity index (χ3v) is 3.28. The van der Waals surface area contributed by atoms with E-state index >= 15 is 0 Å². The van der Waals surface area contributed by atoms with Crippen LogP contribution in [-0.4, -0.2) is 32.2 Å². The molecular weight excluding hydrogens is 354 g/mol. The quantitative estimate of drug-likeness (QED) is 0.456. The number of rotatable bonds is 5. The van der Waals surface area contributed by atoms with Crippen LogP contribution in [0.1, 0.15) is 79.9 Å². The highest BCUT2D eigenvalue weighted by molar-refractivity contribution is 5.71. The van der Waals surface area contributed by atoms with Crippen molar-refractivity contribution in [3.63, 3.8) is 0 Å². The first-order valence-corrected chi connectivity index (χ1v) is 11.4. The Labute approximate surface area is 184 Å². The van der Waals surface area contributed by atoms with Crippen molar-refractivity contribution in [2.75, 3.05) is 27.3 Å². The lowest BCUT2D eigenvalue weighted by molar-refractivity contribution is 0.234. The van der Waals surface area contributed by atoms with Crippen molar-refractivity contribution in [1.82, 2.24) is 4.90 Å². The van der Waals surface area contributed by atoms with Gasteiger partial charge in [0.2, 0.25) is 0 Å². The van der Waals surface area contributed by atoms with Crippen LogP contribution in [0.15, 0.2) is 55.3 Å². The molecule has 0 bridgehead atoms. The van der Waals surface area contributed by atoms with E-state index < -0.39 is 0 Å². The molecule has 0 aromatic heterocycles. The molecule has 0 saturated heterocycles. The van der Waals surface area contributed by atoms with Crippen molar-refractivity contribution in [1.29, 1.82) is 0 Å². The molecule has 1 aromatic rings. The van der Waals surface area contributed by atoms with Gasteiger partial charge in [-0.3, -0.25) is 0 Å². The summed E-state index contributed by atoms with van der Waals surface area (Å²) in [5, 5.41) is 0. The summed E-state index contributed by atoms with van der Waals surface area (Å²) >= 11 is 0. The van der Waals surface area contributed by atoms with Gasteiger partial charge in [0.15, 0.2) is 0 Å². The Morgan fingerprint density at radius 2 is 1.55 bits per heavy atom. The maximum Gasteiger partial charge on any atom is 0.0641 e. The summed E-state index contributed by atoms with van der Waals surface area (Å²) in [5.41, 5.74) is 4.39. The minimum absolute atomic E-state index is 0.653. The SMILES string of the molecule is C/C=C/N(C)CC1=CCCc2ccccc21.C=CCOC.CC.CC.CC.CC.